The number of piperidine rings is 1. The molecule has 0 spiro atoms. The number of halogens is 1. The summed E-state index contributed by atoms with van der Waals surface area (Å²) in [6, 6.07) is 14.8. The zero-order chi connectivity index (χ0) is 17.6. The second kappa shape index (κ2) is 8.45. The van der Waals surface area contributed by atoms with E-state index in [1.54, 1.807) is 12.1 Å². The number of aliphatic hydroxyl groups is 1. The lowest BCUT2D eigenvalue weighted by Crippen LogP contribution is -3.13. The third-order valence-electron chi connectivity index (χ3n) is 5.20. The van der Waals surface area contributed by atoms with Crippen molar-refractivity contribution in [3.63, 3.8) is 0 Å². The van der Waals surface area contributed by atoms with Gasteiger partial charge in [0.15, 0.2) is 11.6 Å². The van der Waals surface area contributed by atoms with E-state index in [-0.39, 0.29) is 11.7 Å². The topological polar surface area (TPSA) is 33.9 Å². The molecule has 134 valence electrons. The highest BCUT2D eigenvalue weighted by Crippen LogP contribution is 2.32. The number of ether oxygens (including phenoxy) is 1. The first-order valence-corrected chi connectivity index (χ1v) is 9.09. The van der Waals surface area contributed by atoms with Crippen LogP contribution in [0.2, 0.25) is 0 Å². The van der Waals surface area contributed by atoms with Crippen molar-refractivity contribution in [2.24, 2.45) is 0 Å². The molecule has 0 saturated carbocycles. The fraction of sp³-hybridized carbons (Fsp3) is 0.429. The molecule has 1 heterocycles. The summed E-state index contributed by atoms with van der Waals surface area (Å²) in [6.07, 6.45) is 3.04. The van der Waals surface area contributed by atoms with Gasteiger partial charge in [-0.05, 0) is 42.5 Å². The number of nitrogens with one attached hydrogen (secondary N) is 1. The molecule has 1 aliphatic heterocycles. The molecule has 0 aromatic heterocycles. The number of benzene rings is 2. The van der Waals surface area contributed by atoms with Gasteiger partial charge >= 0.3 is 0 Å². The maximum absolute atomic E-state index is 14.1. The molecule has 0 radical (unpaired) electrons. The van der Waals surface area contributed by atoms with Crippen molar-refractivity contribution in [3.05, 3.63) is 65.5 Å². The summed E-state index contributed by atoms with van der Waals surface area (Å²) in [5, 5.41) is 11.0. The van der Waals surface area contributed by atoms with Gasteiger partial charge in [0.1, 0.15) is 0 Å². The first-order valence-electron chi connectivity index (χ1n) is 9.09. The molecule has 2 aromatic carbocycles. The number of hydrogen-bond donors (Lipinski definition) is 2. The Bertz CT molecular complexity index is 671. The van der Waals surface area contributed by atoms with Crippen LogP contribution in [0.3, 0.4) is 0 Å². The number of likely N-dealkylation sites (tertiary alicyclic amines) is 1. The standard InChI is InChI=1S/C21H26FNO2/c1-25-20-11-10-17(14-19(20)22)21(24)18(16-8-4-2-5-9-16)15-23-12-6-3-7-13-23/h2,4-5,8-11,14,18,21,24H,3,6-7,12-13,15H2,1H3/p+1. The third kappa shape index (κ3) is 4.39. The van der Waals surface area contributed by atoms with E-state index in [4.69, 9.17) is 4.74 Å². The quantitative estimate of drug-likeness (QED) is 0.845. The molecular formula is C21H27FNO2+. The normalized spacial score (nSPS) is 17.9. The van der Waals surface area contributed by atoms with E-state index in [1.807, 2.05) is 18.2 Å². The molecule has 2 aromatic rings. The van der Waals surface area contributed by atoms with Gasteiger partial charge in [-0.25, -0.2) is 4.39 Å². The molecule has 1 fully saturated rings. The Hall–Kier alpha value is -1.91. The van der Waals surface area contributed by atoms with E-state index >= 15 is 0 Å². The van der Waals surface area contributed by atoms with Crippen LogP contribution in [0.4, 0.5) is 4.39 Å². The summed E-state index contributed by atoms with van der Waals surface area (Å²) < 4.78 is 19.1. The lowest BCUT2D eigenvalue weighted by Gasteiger charge is -2.30. The highest BCUT2D eigenvalue weighted by molar-refractivity contribution is 5.33. The van der Waals surface area contributed by atoms with Crippen LogP contribution in [-0.4, -0.2) is 31.9 Å². The predicted octanol–water partition coefficient (Wildman–Crippen LogP) is 2.72. The average Bonchev–Trinajstić information content (AvgIpc) is 2.67. The predicted molar refractivity (Wildman–Crippen MR) is 96.5 cm³/mol. The van der Waals surface area contributed by atoms with Gasteiger partial charge in [-0.2, -0.15) is 0 Å². The van der Waals surface area contributed by atoms with Crippen molar-refractivity contribution < 1.29 is 19.1 Å². The van der Waals surface area contributed by atoms with Crippen LogP contribution in [0.25, 0.3) is 0 Å². The summed E-state index contributed by atoms with van der Waals surface area (Å²) >= 11 is 0. The van der Waals surface area contributed by atoms with E-state index in [9.17, 15) is 9.50 Å². The van der Waals surface area contributed by atoms with Gasteiger partial charge in [0.25, 0.3) is 0 Å². The lowest BCUT2D eigenvalue weighted by atomic mass is 9.88. The Labute approximate surface area is 149 Å². The summed E-state index contributed by atoms with van der Waals surface area (Å²) in [5.41, 5.74) is 1.70. The average molecular weight is 344 g/mol. The molecule has 0 amide bonds. The third-order valence-corrected chi connectivity index (χ3v) is 5.20. The van der Waals surface area contributed by atoms with E-state index in [0.29, 0.717) is 5.56 Å². The van der Waals surface area contributed by atoms with Crippen molar-refractivity contribution in [1.29, 1.82) is 0 Å². The molecule has 1 saturated heterocycles. The molecule has 0 bridgehead atoms. The fourth-order valence-corrected chi connectivity index (χ4v) is 3.78. The van der Waals surface area contributed by atoms with Gasteiger partial charge in [-0.1, -0.05) is 36.4 Å². The zero-order valence-corrected chi connectivity index (χ0v) is 14.7. The van der Waals surface area contributed by atoms with Crippen LogP contribution >= 0.6 is 0 Å². The zero-order valence-electron chi connectivity index (χ0n) is 14.7. The minimum atomic E-state index is -0.739. The molecule has 2 unspecified atom stereocenters. The molecule has 2 atom stereocenters. The molecule has 2 N–H and O–H groups in total. The molecule has 4 heteroatoms. The Morgan fingerprint density at radius 2 is 1.76 bits per heavy atom. The highest BCUT2D eigenvalue weighted by atomic mass is 19.1. The summed E-state index contributed by atoms with van der Waals surface area (Å²) in [5.74, 6) is -0.285. The molecule has 3 nitrogen and oxygen atoms in total. The molecular weight excluding hydrogens is 317 g/mol. The van der Waals surface area contributed by atoms with Gasteiger partial charge < -0.3 is 14.7 Å². The second-order valence-electron chi connectivity index (χ2n) is 6.87. The first-order chi connectivity index (χ1) is 12.2. The van der Waals surface area contributed by atoms with Crippen LogP contribution < -0.4 is 9.64 Å². The molecule has 3 rings (SSSR count). The van der Waals surface area contributed by atoms with E-state index < -0.39 is 11.9 Å². The number of aliphatic hydroxyl groups excluding tert-OH is 1. The number of rotatable bonds is 6. The number of quaternary nitrogens is 1. The van der Waals surface area contributed by atoms with Crippen LogP contribution in [0.15, 0.2) is 48.5 Å². The van der Waals surface area contributed by atoms with E-state index in [0.717, 1.165) is 25.2 Å². The van der Waals surface area contributed by atoms with Crippen molar-refractivity contribution in [2.45, 2.75) is 31.3 Å². The number of methoxy groups -OCH3 is 1. The Morgan fingerprint density at radius 1 is 1.04 bits per heavy atom. The Kier molecular flexibility index (Phi) is 6.05. The second-order valence-corrected chi connectivity index (χ2v) is 6.87. The van der Waals surface area contributed by atoms with Gasteiger partial charge in [-0.3, -0.25) is 0 Å². The smallest absolute Gasteiger partial charge is 0.165 e. The molecule has 0 aliphatic carbocycles. The Morgan fingerprint density at radius 3 is 2.40 bits per heavy atom. The largest absolute Gasteiger partial charge is 0.494 e. The van der Waals surface area contributed by atoms with Crippen molar-refractivity contribution in [3.8, 4) is 5.75 Å². The van der Waals surface area contributed by atoms with Gasteiger partial charge in [0, 0.05) is 0 Å². The van der Waals surface area contributed by atoms with Gasteiger partial charge in [0.05, 0.1) is 38.8 Å². The van der Waals surface area contributed by atoms with Crippen molar-refractivity contribution in [1.82, 2.24) is 0 Å². The fourth-order valence-electron chi connectivity index (χ4n) is 3.78. The monoisotopic (exact) mass is 344 g/mol. The number of hydrogen-bond acceptors (Lipinski definition) is 2. The molecule has 1 aliphatic rings. The van der Waals surface area contributed by atoms with Crippen LogP contribution in [0.5, 0.6) is 5.75 Å². The van der Waals surface area contributed by atoms with E-state index in [2.05, 4.69) is 12.1 Å². The molecule has 25 heavy (non-hydrogen) atoms. The van der Waals surface area contributed by atoms with Gasteiger partial charge in [0.2, 0.25) is 0 Å². The highest BCUT2D eigenvalue weighted by Gasteiger charge is 2.28. The maximum Gasteiger partial charge on any atom is 0.165 e. The summed E-state index contributed by atoms with van der Waals surface area (Å²) in [4.78, 5) is 1.52. The van der Waals surface area contributed by atoms with Gasteiger partial charge in [-0.15, -0.1) is 0 Å². The van der Waals surface area contributed by atoms with Crippen molar-refractivity contribution >= 4 is 0 Å². The first kappa shape index (κ1) is 17.9. The SMILES string of the molecule is COc1ccc(C(O)C(C[NH+]2CCCCC2)c2ccccc2)cc1F. The summed E-state index contributed by atoms with van der Waals surface area (Å²) in [7, 11) is 1.45. The maximum atomic E-state index is 14.1. The van der Waals surface area contributed by atoms with Crippen molar-refractivity contribution in [2.75, 3.05) is 26.7 Å². The van der Waals surface area contributed by atoms with E-state index in [1.165, 1.54) is 37.3 Å². The van der Waals surface area contributed by atoms with Crippen LogP contribution in [-0.2, 0) is 0 Å². The minimum Gasteiger partial charge on any atom is -0.494 e. The van der Waals surface area contributed by atoms with Crippen LogP contribution in [0.1, 0.15) is 42.4 Å². The minimum absolute atomic E-state index is 0.0536. The van der Waals surface area contributed by atoms with Crippen LogP contribution in [0, 0.1) is 5.82 Å². The summed E-state index contributed by atoms with van der Waals surface area (Å²) in [6.45, 7) is 3.15. The lowest BCUT2D eigenvalue weighted by molar-refractivity contribution is -0.906. The Balaban J connectivity index is 1.86.